The average Bonchev–Trinajstić information content (AvgIpc) is 3.28. The van der Waals surface area contributed by atoms with E-state index in [4.69, 9.17) is 15.5 Å². The van der Waals surface area contributed by atoms with E-state index in [1.54, 1.807) is 18.2 Å². The maximum absolute atomic E-state index is 11.9. The van der Waals surface area contributed by atoms with Gasteiger partial charge >= 0.3 is 5.97 Å². The van der Waals surface area contributed by atoms with Crippen molar-refractivity contribution in [2.75, 3.05) is 13.4 Å². The monoisotopic (exact) mass is 484 g/mol. The molecule has 3 rings (SSSR count). The third-order valence-corrected chi connectivity index (χ3v) is 6.55. The predicted octanol–water partition coefficient (Wildman–Crippen LogP) is 3.87. The van der Waals surface area contributed by atoms with Crippen molar-refractivity contribution in [2.45, 2.75) is 24.7 Å². The molecule has 0 fully saturated rings. The van der Waals surface area contributed by atoms with E-state index >= 15 is 0 Å². The van der Waals surface area contributed by atoms with Crippen LogP contribution in [0.15, 0.2) is 70.2 Å². The van der Waals surface area contributed by atoms with E-state index in [-0.39, 0.29) is 28.0 Å². The zero-order valence-electron chi connectivity index (χ0n) is 18.6. The number of para-hydroxylation sites is 1. The standard InChI is InChI=1S/C23H24N4O4S2/c1-14(2)17-10-5-6-11-19(17)25-20(13-18(24)23(28)31-3)21-26-22(32-27-21)15-8-7-9-16(12-15)33(4,29)30/h5-14H,24H2,1-4H3/b18-13-,25-20?. The highest BCUT2D eigenvalue weighted by Gasteiger charge is 2.17. The Morgan fingerprint density at radius 2 is 1.91 bits per heavy atom. The Morgan fingerprint density at radius 1 is 1.18 bits per heavy atom. The molecule has 3 aromatic rings. The van der Waals surface area contributed by atoms with E-state index in [1.165, 1.54) is 19.3 Å². The summed E-state index contributed by atoms with van der Waals surface area (Å²) in [6.45, 7) is 4.11. The number of methoxy groups -OCH3 is 1. The van der Waals surface area contributed by atoms with E-state index in [1.807, 2.05) is 24.3 Å². The number of benzene rings is 2. The summed E-state index contributed by atoms with van der Waals surface area (Å²) in [5.41, 5.74) is 8.35. The number of hydrogen-bond donors (Lipinski definition) is 1. The molecule has 0 amide bonds. The van der Waals surface area contributed by atoms with Crippen molar-refractivity contribution in [1.29, 1.82) is 0 Å². The van der Waals surface area contributed by atoms with Crippen LogP contribution in [0.4, 0.5) is 5.69 Å². The van der Waals surface area contributed by atoms with Crippen molar-refractivity contribution in [3.05, 3.63) is 71.7 Å². The second kappa shape index (κ2) is 10.1. The largest absolute Gasteiger partial charge is 0.464 e. The first kappa shape index (κ1) is 24.3. The number of ether oxygens (including phenoxy) is 1. The Hall–Kier alpha value is -3.37. The number of carbonyl (C=O) groups is 1. The summed E-state index contributed by atoms with van der Waals surface area (Å²) in [6.07, 6.45) is 2.52. The molecule has 0 bridgehead atoms. The van der Waals surface area contributed by atoms with Crippen LogP contribution in [0.25, 0.3) is 10.6 Å². The zero-order chi connectivity index (χ0) is 24.2. The van der Waals surface area contributed by atoms with E-state index < -0.39 is 15.8 Å². The Balaban J connectivity index is 2.12. The predicted molar refractivity (Wildman–Crippen MR) is 129 cm³/mol. The van der Waals surface area contributed by atoms with E-state index in [0.717, 1.165) is 23.4 Å². The van der Waals surface area contributed by atoms with Gasteiger partial charge in [-0.2, -0.15) is 4.37 Å². The quantitative estimate of drug-likeness (QED) is 0.307. The fourth-order valence-electron chi connectivity index (χ4n) is 2.98. The van der Waals surface area contributed by atoms with Crippen molar-refractivity contribution in [3.8, 4) is 10.6 Å². The number of nitrogens with zero attached hydrogens (tertiary/aromatic N) is 3. The van der Waals surface area contributed by atoms with E-state index in [2.05, 4.69) is 23.2 Å². The number of esters is 1. The molecule has 1 aromatic heterocycles. The van der Waals surface area contributed by atoms with Gasteiger partial charge in [-0.05, 0) is 47.3 Å². The Kier molecular flexibility index (Phi) is 7.39. The molecule has 0 aliphatic rings. The summed E-state index contributed by atoms with van der Waals surface area (Å²) in [5.74, 6) is -0.229. The third kappa shape index (κ3) is 5.91. The van der Waals surface area contributed by atoms with Crippen molar-refractivity contribution in [2.24, 2.45) is 10.7 Å². The number of sulfone groups is 1. The molecule has 0 aliphatic carbocycles. The Morgan fingerprint density at radius 3 is 2.58 bits per heavy atom. The summed E-state index contributed by atoms with van der Waals surface area (Å²) in [7, 11) is -2.13. The van der Waals surface area contributed by atoms with Crippen LogP contribution >= 0.6 is 11.5 Å². The SMILES string of the molecule is COC(=O)/C(N)=C/C(=Nc1ccccc1C(C)C)c1nsc(-c2cccc(S(C)(=O)=O)c2)n1. The maximum Gasteiger partial charge on any atom is 0.353 e. The van der Waals surface area contributed by atoms with Gasteiger partial charge in [0.05, 0.1) is 17.7 Å². The number of allylic oxidation sites excluding steroid dienone is 1. The van der Waals surface area contributed by atoms with Gasteiger partial charge in [0.15, 0.2) is 15.7 Å². The maximum atomic E-state index is 11.9. The van der Waals surface area contributed by atoms with Crippen LogP contribution < -0.4 is 5.73 Å². The summed E-state index contributed by atoms with van der Waals surface area (Å²) < 4.78 is 32.9. The van der Waals surface area contributed by atoms with Crippen molar-refractivity contribution >= 4 is 38.7 Å². The first-order chi connectivity index (χ1) is 15.6. The summed E-state index contributed by atoms with van der Waals surface area (Å²) in [4.78, 5) is 21.3. The molecule has 1 heterocycles. The lowest BCUT2D eigenvalue weighted by Gasteiger charge is -2.09. The summed E-state index contributed by atoms with van der Waals surface area (Å²) in [5, 5.41) is 0.505. The minimum atomic E-state index is -3.37. The van der Waals surface area contributed by atoms with Crippen molar-refractivity contribution < 1.29 is 17.9 Å². The third-order valence-electron chi connectivity index (χ3n) is 4.68. The number of hydrogen-bond acceptors (Lipinski definition) is 9. The topological polar surface area (TPSA) is 125 Å². The Labute approximate surface area is 196 Å². The molecule has 2 N–H and O–H groups in total. The molecule has 33 heavy (non-hydrogen) atoms. The van der Waals surface area contributed by atoms with E-state index in [0.29, 0.717) is 16.3 Å². The molecule has 10 heteroatoms. The molecule has 8 nitrogen and oxygen atoms in total. The van der Waals surface area contributed by atoms with Gasteiger partial charge in [-0.1, -0.05) is 44.2 Å². The van der Waals surface area contributed by atoms with Gasteiger partial charge in [-0.25, -0.2) is 23.2 Å². The highest BCUT2D eigenvalue weighted by molar-refractivity contribution is 7.90. The average molecular weight is 485 g/mol. The molecule has 0 saturated carbocycles. The fourth-order valence-corrected chi connectivity index (χ4v) is 4.32. The van der Waals surface area contributed by atoms with Crippen molar-refractivity contribution in [1.82, 2.24) is 9.36 Å². The molecular formula is C23H24N4O4S2. The molecule has 2 aromatic carbocycles. The van der Waals surface area contributed by atoms with Gasteiger partial charge in [-0.3, -0.25) is 0 Å². The fraction of sp³-hybridized carbons (Fsp3) is 0.217. The van der Waals surface area contributed by atoms with Crippen molar-refractivity contribution in [3.63, 3.8) is 0 Å². The van der Waals surface area contributed by atoms with Crippen LogP contribution in [-0.2, 0) is 19.4 Å². The number of aliphatic imine (C=N–C) groups is 1. The lowest BCUT2D eigenvalue weighted by Crippen LogP contribution is -2.15. The van der Waals surface area contributed by atoms with Crippen LogP contribution in [0, 0.1) is 0 Å². The lowest BCUT2D eigenvalue weighted by atomic mass is 10.0. The molecule has 0 unspecified atom stereocenters. The van der Waals surface area contributed by atoms with Gasteiger partial charge in [0.25, 0.3) is 0 Å². The molecule has 0 spiro atoms. The minimum absolute atomic E-state index is 0.145. The number of carbonyl (C=O) groups excluding carboxylic acids is 1. The first-order valence-corrected chi connectivity index (χ1v) is 12.6. The van der Waals surface area contributed by atoms with Crippen LogP contribution in [0.3, 0.4) is 0 Å². The number of rotatable bonds is 7. The van der Waals surface area contributed by atoms with Gasteiger partial charge < -0.3 is 10.5 Å². The van der Waals surface area contributed by atoms with E-state index in [9.17, 15) is 13.2 Å². The van der Waals surface area contributed by atoms with Gasteiger partial charge in [0.1, 0.15) is 16.4 Å². The van der Waals surface area contributed by atoms with Crippen LogP contribution in [0.1, 0.15) is 31.2 Å². The van der Waals surface area contributed by atoms with Crippen LogP contribution in [-0.4, -0.2) is 42.8 Å². The smallest absolute Gasteiger partial charge is 0.353 e. The molecule has 0 atom stereocenters. The van der Waals surface area contributed by atoms with Gasteiger partial charge in [0, 0.05) is 11.8 Å². The molecule has 0 radical (unpaired) electrons. The number of nitrogens with two attached hydrogens (primary N) is 1. The summed E-state index contributed by atoms with van der Waals surface area (Å²) >= 11 is 1.09. The Bertz CT molecular complexity index is 1340. The van der Waals surface area contributed by atoms with Crippen LogP contribution in [0.5, 0.6) is 0 Å². The highest BCUT2D eigenvalue weighted by atomic mass is 32.2. The normalized spacial score (nSPS) is 12.8. The zero-order valence-corrected chi connectivity index (χ0v) is 20.3. The first-order valence-electron chi connectivity index (χ1n) is 9.98. The highest BCUT2D eigenvalue weighted by Crippen LogP contribution is 2.28. The second-order valence-corrected chi connectivity index (χ2v) is 10.3. The molecular weight excluding hydrogens is 460 g/mol. The second-order valence-electron chi connectivity index (χ2n) is 7.52. The molecule has 172 valence electrons. The number of aromatic nitrogens is 2. The lowest BCUT2D eigenvalue weighted by molar-refractivity contribution is -0.136. The minimum Gasteiger partial charge on any atom is -0.464 e. The van der Waals surface area contributed by atoms with Gasteiger partial charge in [-0.15, -0.1) is 0 Å². The molecule has 0 saturated heterocycles. The van der Waals surface area contributed by atoms with Crippen LogP contribution in [0.2, 0.25) is 0 Å². The summed E-state index contributed by atoms with van der Waals surface area (Å²) in [6, 6.07) is 14.1. The molecule has 0 aliphatic heterocycles. The van der Waals surface area contributed by atoms with Gasteiger partial charge in [0.2, 0.25) is 0 Å².